The first kappa shape index (κ1) is 25.2. The van der Waals surface area contributed by atoms with Gasteiger partial charge >= 0.3 is 5.97 Å². The number of nitrogens with zero attached hydrogens (tertiary/aromatic N) is 3. The second-order valence-corrected chi connectivity index (χ2v) is 11.3. The molecule has 7 nitrogen and oxygen atoms in total. The van der Waals surface area contributed by atoms with Crippen molar-refractivity contribution in [1.29, 1.82) is 0 Å². The third-order valence-electron chi connectivity index (χ3n) is 5.67. The number of esters is 1. The molecule has 1 saturated heterocycles. The van der Waals surface area contributed by atoms with Crippen molar-refractivity contribution in [2.45, 2.75) is 33.1 Å². The van der Waals surface area contributed by atoms with Gasteiger partial charge < -0.3 is 14.5 Å². The number of hydrogen-bond acceptors (Lipinski definition) is 7. The van der Waals surface area contributed by atoms with Crippen LogP contribution < -0.4 is 19.9 Å². The number of rotatable bonds is 5. The maximum absolute atomic E-state index is 13.1. The van der Waals surface area contributed by atoms with Gasteiger partial charge in [-0.05, 0) is 30.3 Å². The van der Waals surface area contributed by atoms with E-state index in [0.29, 0.717) is 9.60 Å². The van der Waals surface area contributed by atoms with E-state index < -0.39 is 5.97 Å². The van der Waals surface area contributed by atoms with E-state index in [4.69, 9.17) is 9.72 Å². The van der Waals surface area contributed by atoms with E-state index in [1.54, 1.807) is 18.2 Å². The van der Waals surface area contributed by atoms with Crippen molar-refractivity contribution < 1.29 is 14.3 Å². The maximum Gasteiger partial charge on any atom is 0.308 e. The first-order valence-electron chi connectivity index (χ1n) is 11.5. The number of anilines is 3. The van der Waals surface area contributed by atoms with E-state index in [-0.39, 0.29) is 22.6 Å². The van der Waals surface area contributed by atoms with Gasteiger partial charge in [0.25, 0.3) is 5.91 Å². The van der Waals surface area contributed by atoms with Crippen molar-refractivity contribution >= 4 is 55.0 Å². The summed E-state index contributed by atoms with van der Waals surface area (Å²) in [5.74, 6) is -0.650. The number of nitrogens with one attached hydrogen (secondary N) is 1. The van der Waals surface area contributed by atoms with Gasteiger partial charge in [-0.25, -0.2) is 4.98 Å². The summed E-state index contributed by atoms with van der Waals surface area (Å²) in [6.07, 6.45) is 0. The van der Waals surface area contributed by atoms with Crippen LogP contribution in [0.2, 0.25) is 0 Å². The third kappa shape index (κ3) is 6.02. The van der Waals surface area contributed by atoms with Crippen LogP contribution in [0.25, 0.3) is 0 Å². The molecule has 1 amide bonds. The van der Waals surface area contributed by atoms with Crippen molar-refractivity contribution in [2.75, 3.05) is 41.3 Å². The number of amides is 1. The normalized spacial score (nSPS) is 14.1. The number of carbonyl (C=O) groups is 2. The molecule has 0 aliphatic carbocycles. The number of aromatic nitrogens is 1. The molecule has 9 heteroatoms. The summed E-state index contributed by atoms with van der Waals surface area (Å²) >= 11 is 4.87. The minimum atomic E-state index is -0.484. The molecule has 0 radical (unpaired) electrons. The van der Waals surface area contributed by atoms with Crippen molar-refractivity contribution in [3.05, 3.63) is 64.3 Å². The van der Waals surface area contributed by atoms with Crippen LogP contribution in [0.1, 0.15) is 43.7 Å². The SMILES string of the molecule is CC(=O)Oc1ccc(Br)cc1C(=O)Nc1nc(C(C)(C)C)c(N2CCN(c3ccccc3)CC2)s1. The van der Waals surface area contributed by atoms with Crippen molar-refractivity contribution in [3.63, 3.8) is 0 Å². The summed E-state index contributed by atoms with van der Waals surface area (Å²) in [6.45, 7) is 11.3. The van der Waals surface area contributed by atoms with Crippen molar-refractivity contribution in [2.24, 2.45) is 0 Å². The maximum atomic E-state index is 13.1. The van der Waals surface area contributed by atoms with E-state index >= 15 is 0 Å². The minimum absolute atomic E-state index is 0.190. The zero-order valence-corrected chi connectivity index (χ0v) is 22.7. The topological polar surface area (TPSA) is 74.8 Å². The van der Waals surface area contributed by atoms with Crippen LogP contribution >= 0.6 is 27.3 Å². The molecule has 3 aromatic rings. The molecular weight excluding hydrogens is 528 g/mol. The van der Waals surface area contributed by atoms with Crippen LogP contribution in [0.4, 0.5) is 15.8 Å². The molecule has 0 saturated carbocycles. The Bertz CT molecular complexity index is 1220. The van der Waals surface area contributed by atoms with Gasteiger partial charge in [-0.15, -0.1) is 0 Å². The lowest BCUT2D eigenvalue weighted by Crippen LogP contribution is -2.46. The third-order valence-corrected chi connectivity index (χ3v) is 7.19. The molecule has 35 heavy (non-hydrogen) atoms. The second kappa shape index (κ2) is 10.4. The Hall–Kier alpha value is -2.91. The summed E-state index contributed by atoms with van der Waals surface area (Å²) in [6, 6.07) is 15.4. The van der Waals surface area contributed by atoms with Crippen LogP contribution in [-0.2, 0) is 10.2 Å². The Morgan fingerprint density at radius 1 is 1.03 bits per heavy atom. The van der Waals surface area contributed by atoms with Gasteiger partial charge in [-0.2, -0.15) is 0 Å². The van der Waals surface area contributed by atoms with Crippen LogP contribution in [0.5, 0.6) is 5.75 Å². The molecule has 1 aliphatic heterocycles. The Labute approximate surface area is 218 Å². The lowest BCUT2D eigenvalue weighted by molar-refractivity contribution is -0.131. The molecule has 2 heterocycles. The highest BCUT2D eigenvalue weighted by atomic mass is 79.9. The van der Waals surface area contributed by atoms with Crippen molar-refractivity contribution in [1.82, 2.24) is 4.98 Å². The van der Waals surface area contributed by atoms with Crippen LogP contribution in [0.15, 0.2) is 53.0 Å². The summed E-state index contributed by atoms with van der Waals surface area (Å²) < 4.78 is 5.95. The van der Waals surface area contributed by atoms with Gasteiger partial charge in [0.15, 0.2) is 5.13 Å². The summed E-state index contributed by atoms with van der Waals surface area (Å²) in [5, 5.41) is 4.53. The van der Waals surface area contributed by atoms with Gasteiger partial charge in [0.2, 0.25) is 0 Å². The average molecular weight is 558 g/mol. The van der Waals surface area contributed by atoms with Crippen molar-refractivity contribution in [3.8, 4) is 5.75 Å². The number of ether oxygens (including phenoxy) is 1. The molecule has 0 unspecified atom stereocenters. The smallest absolute Gasteiger partial charge is 0.308 e. The summed E-state index contributed by atoms with van der Waals surface area (Å²) in [5.41, 5.74) is 2.27. The van der Waals surface area contributed by atoms with E-state index in [0.717, 1.165) is 36.9 Å². The zero-order valence-electron chi connectivity index (χ0n) is 20.3. The van der Waals surface area contributed by atoms with Gasteiger partial charge in [-0.1, -0.05) is 66.2 Å². The predicted octanol–water partition coefficient (Wildman–Crippen LogP) is 5.71. The Balaban J connectivity index is 1.55. The van der Waals surface area contributed by atoms with Crippen LogP contribution in [0, 0.1) is 0 Å². The van der Waals surface area contributed by atoms with E-state index in [1.807, 2.05) is 6.07 Å². The highest BCUT2D eigenvalue weighted by Gasteiger charge is 2.29. The number of para-hydroxylation sites is 1. The van der Waals surface area contributed by atoms with E-state index in [2.05, 4.69) is 76.1 Å². The zero-order chi connectivity index (χ0) is 25.2. The number of benzene rings is 2. The molecule has 1 fully saturated rings. The lowest BCUT2D eigenvalue weighted by atomic mass is 9.92. The first-order valence-corrected chi connectivity index (χ1v) is 13.1. The molecule has 1 N–H and O–H groups in total. The van der Waals surface area contributed by atoms with Gasteiger partial charge in [0, 0.05) is 48.7 Å². The number of halogens is 1. The fourth-order valence-electron chi connectivity index (χ4n) is 3.96. The van der Waals surface area contributed by atoms with Crippen LogP contribution in [0.3, 0.4) is 0 Å². The molecule has 2 aromatic carbocycles. The lowest BCUT2D eigenvalue weighted by Gasteiger charge is -2.37. The molecule has 184 valence electrons. The molecule has 4 rings (SSSR count). The number of piperazine rings is 1. The minimum Gasteiger partial charge on any atom is -0.426 e. The standard InChI is InChI=1S/C26H29BrN4O3S/c1-17(32)34-21-11-10-18(27)16-20(21)23(33)29-25-28-22(26(2,3)4)24(35-25)31-14-12-30(13-15-31)19-8-6-5-7-9-19/h5-11,16H,12-15H2,1-4H3,(H,28,29,33). The molecule has 0 bridgehead atoms. The Morgan fingerprint density at radius 2 is 1.69 bits per heavy atom. The van der Waals surface area contributed by atoms with Gasteiger partial charge in [0.1, 0.15) is 10.8 Å². The Morgan fingerprint density at radius 3 is 2.31 bits per heavy atom. The largest absolute Gasteiger partial charge is 0.426 e. The van der Waals surface area contributed by atoms with Gasteiger partial charge in [-0.3, -0.25) is 14.9 Å². The second-order valence-electron chi connectivity index (χ2n) is 9.42. The highest BCUT2D eigenvalue weighted by Crippen LogP contribution is 2.40. The van der Waals surface area contributed by atoms with E-state index in [9.17, 15) is 9.59 Å². The molecular formula is C26H29BrN4O3S. The fourth-order valence-corrected chi connectivity index (χ4v) is 5.55. The molecule has 1 aromatic heterocycles. The monoisotopic (exact) mass is 556 g/mol. The molecule has 1 aliphatic rings. The molecule has 0 spiro atoms. The van der Waals surface area contributed by atoms with E-state index in [1.165, 1.54) is 23.9 Å². The van der Waals surface area contributed by atoms with Crippen LogP contribution in [-0.4, -0.2) is 43.0 Å². The number of thiazole rings is 1. The van der Waals surface area contributed by atoms with Gasteiger partial charge in [0.05, 0.1) is 11.3 Å². The predicted molar refractivity (Wildman–Crippen MR) is 145 cm³/mol. The quantitative estimate of drug-likeness (QED) is 0.320. The first-order chi connectivity index (χ1) is 16.6. The number of carbonyl (C=O) groups excluding carboxylic acids is 2. The summed E-state index contributed by atoms with van der Waals surface area (Å²) in [4.78, 5) is 34.2. The summed E-state index contributed by atoms with van der Waals surface area (Å²) in [7, 11) is 0. The fraction of sp³-hybridized carbons (Fsp3) is 0.346. The average Bonchev–Trinajstić information content (AvgIpc) is 3.25. The highest BCUT2D eigenvalue weighted by molar-refractivity contribution is 9.10. The Kier molecular flexibility index (Phi) is 7.47. The molecule has 0 atom stereocenters. The number of hydrogen-bond donors (Lipinski definition) is 1.